The topological polar surface area (TPSA) is 73.9 Å². The molecule has 1 aliphatic heterocycles. The van der Waals surface area contributed by atoms with Gasteiger partial charge in [0.05, 0.1) is 13.2 Å². The molecule has 2 aromatic carbocycles. The van der Waals surface area contributed by atoms with Crippen molar-refractivity contribution in [1.29, 1.82) is 0 Å². The molecule has 0 bridgehead atoms. The predicted octanol–water partition coefficient (Wildman–Crippen LogP) is 3.33. The summed E-state index contributed by atoms with van der Waals surface area (Å²) in [4.78, 5) is 29.7. The first kappa shape index (κ1) is 22.6. The highest BCUT2D eigenvalue weighted by Crippen LogP contribution is 2.23. The van der Waals surface area contributed by atoms with Gasteiger partial charge in [-0.3, -0.25) is 4.79 Å². The highest BCUT2D eigenvalue weighted by molar-refractivity contribution is 5.93. The van der Waals surface area contributed by atoms with Gasteiger partial charge in [-0.05, 0) is 29.7 Å². The normalized spacial score (nSPS) is 14.8. The summed E-state index contributed by atoms with van der Waals surface area (Å²) in [6.07, 6.45) is 0. The fourth-order valence-corrected chi connectivity index (χ4v) is 3.67. The van der Waals surface area contributed by atoms with E-state index in [1.54, 1.807) is 24.1 Å². The van der Waals surface area contributed by atoms with Crippen LogP contribution in [-0.4, -0.2) is 56.2 Å². The van der Waals surface area contributed by atoms with E-state index in [1.165, 1.54) is 0 Å². The first-order valence-electron chi connectivity index (χ1n) is 10.7. The standard InChI is InChI=1S/C24H32N4O3/c1-18(2)22(26-24(30)25-20-10-5-4-6-11-20)23(29)27(3)17-19-9-7-8-12-21(19)28-13-15-31-16-14-28/h4-12,18,22H,13-17H2,1-3H3,(H2,25,26,30). The summed E-state index contributed by atoms with van der Waals surface area (Å²) in [6.45, 7) is 7.42. The zero-order valence-corrected chi connectivity index (χ0v) is 18.5. The van der Waals surface area contributed by atoms with E-state index in [9.17, 15) is 9.59 Å². The van der Waals surface area contributed by atoms with Crippen LogP contribution in [0.2, 0.25) is 0 Å². The Morgan fingerprint density at radius 2 is 1.68 bits per heavy atom. The number of rotatable bonds is 7. The Hall–Kier alpha value is -3.06. The third-order valence-corrected chi connectivity index (χ3v) is 5.38. The molecule has 7 heteroatoms. The molecular formula is C24H32N4O3. The summed E-state index contributed by atoms with van der Waals surface area (Å²) < 4.78 is 5.47. The maximum Gasteiger partial charge on any atom is 0.319 e. The minimum Gasteiger partial charge on any atom is -0.378 e. The lowest BCUT2D eigenvalue weighted by Gasteiger charge is -2.32. The number of ether oxygens (including phenoxy) is 1. The third kappa shape index (κ3) is 6.21. The molecule has 2 aromatic rings. The zero-order chi connectivity index (χ0) is 22.2. The van der Waals surface area contributed by atoms with Gasteiger partial charge in [-0.25, -0.2) is 4.79 Å². The van der Waals surface area contributed by atoms with Gasteiger partial charge < -0.3 is 25.2 Å². The zero-order valence-electron chi connectivity index (χ0n) is 18.5. The summed E-state index contributed by atoms with van der Waals surface area (Å²) in [5.74, 6) is -0.166. The molecule has 1 unspecified atom stereocenters. The summed E-state index contributed by atoms with van der Waals surface area (Å²) in [7, 11) is 1.78. The second-order valence-corrected chi connectivity index (χ2v) is 8.11. The molecule has 1 atom stereocenters. The molecule has 1 fully saturated rings. The largest absolute Gasteiger partial charge is 0.378 e. The van der Waals surface area contributed by atoms with Crippen molar-refractivity contribution in [3.05, 3.63) is 60.2 Å². The minimum atomic E-state index is -0.621. The number of carbonyl (C=O) groups excluding carboxylic acids is 2. The van der Waals surface area contributed by atoms with Crippen LogP contribution in [0.5, 0.6) is 0 Å². The Kier molecular flexibility index (Phi) is 7.89. The number of anilines is 2. The van der Waals surface area contributed by atoms with E-state index in [0.717, 1.165) is 24.3 Å². The first-order valence-corrected chi connectivity index (χ1v) is 10.7. The summed E-state index contributed by atoms with van der Waals surface area (Å²) in [5.41, 5.74) is 2.89. The maximum atomic E-state index is 13.2. The average Bonchev–Trinajstić information content (AvgIpc) is 2.78. The summed E-state index contributed by atoms with van der Waals surface area (Å²) in [5, 5.41) is 5.62. The van der Waals surface area contributed by atoms with Gasteiger partial charge in [-0.1, -0.05) is 50.2 Å². The molecule has 1 heterocycles. The Morgan fingerprint density at radius 3 is 2.35 bits per heavy atom. The molecule has 0 aliphatic carbocycles. The molecule has 31 heavy (non-hydrogen) atoms. The number of urea groups is 1. The van der Waals surface area contributed by atoms with E-state index in [2.05, 4.69) is 27.7 Å². The van der Waals surface area contributed by atoms with Gasteiger partial charge in [0.1, 0.15) is 6.04 Å². The van der Waals surface area contributed by atoms with Gasteiger partial charge in [0.2, 0.25) is 5.91 Å². The molecule has 1 saturated heterocycles. The molecule has 0 radical (unpaired) electrons. The van der Waals surface area contributed by atoms with Gasteiger partial charge in [0.25, 0.3) is 0 Å². The number of amides is 3. The molecule has 7 nitrogen and oxygen atoms in total. The van der Waals surface area contributed by atoms with E-state index >= 15 is 0 Å². The number of benzene rings is 2. The van der Waals surface area contributed by atoms with Crippen LogP contribution in [0, 0.1) is 5.92 Å². The van der Waals surface area contributed by atoms with Gasteiger partial charge >= 0.3 is 6.03 Å². The lowest BCUT2D eigenvalue weighted by atomic mass is 10.0. The van der Waals surface area contributed by atoms with Crippen LogP contribution in [0.25, 0.3) is 0 Å². The molecule has 166 valence electrons. The quantitative estimate of drug-likeness (QED) is 0.715. The van der Waals surface area contributed by atoms with Crippen molar-refractivity contribution in [2.45, 2.75) is 26.4 Å². The van der Waals surface area contributed by atoms with Crippen LogP contribution in [0.15, 0.2) is 54.6 Å². The van der Waals surface area contributed by atoms with Crippen LogP contribution in [0.1, 0.15) is 19.4 Å². The summed E-state index contributed by atoms with van der Waals surface area (Å²) >= 11 is 0. The number of nitrogens with one attached hydrogen (secondary N) is 2. The molecule has 0 spiro atoms. The van der Waals surface area contributed by atoms with Crippen LogP contribution in [0.3, 0.4) is 0 Å². The molecule has 3 amide bonds. The molecule has 3 rings (SSSR count). The number of carbonyl (C=O) groups is 2. The third-order valence-electron chi connectivity index (χ3n) is 5.38. The highest BCUT2D eigenvalue weighted by Gasteiger charge is 2.28. The number of hydrogen-bond donors (Lipinski definition) is 2. The van der Waals surface area contributed by atoms with E-state index in [0.29, 0.717) is 25.4 Å². The van der Waals surface area contributed by atoms with Crippen LogP contribution in [-0.2, 0) is 16.1 Å². The monoisotopic (exact) mass is 424 g/mol. The van der Waals surface area contributed by atoms with Gasteiger partial charge in [-0.15, -0.1) is 0 Å². The van der Waals surface area contributed by atoms with E-state index in [1.807, 2.05) is 44.2 Å². The van der Waals surface area contributed by atoms with Crippen molar-refractivity contribution in [1.82, 2.24) is 10.2 Å². The molecule has 2 N–H and O–H groups in total. The van der Waals surface area contributed by atoms with Crippen molar-refractivity contribution in [2.24, 2.45) is 5.92 Å². The lowest BCUT2D eigenvalue weighted by Crippen LogP contribution is -2.51. The van der Waals surface area contributed by atoms with E-state index < -0.39 is 6.04 Å². The van der Waals surface area contributed by atoms with Gasteiger partial charge in [0, 0.05) is 38.1 Å². The van der Waals surface area contributed by atoms with Crippen molar-refractivity contribution < 1.29 is 14.3 Å². The molecular weight excluding hydrogens is 392 g/mol. The molecule has 0 saturated carbocycles. The number of para-hydroxylation sites is 2. The van der Waals surface area contributed by atoms with Crippen molar-refractivity contribution in [3.8, 4) is 0 Å². The number of morpholine rings is 1. The van der Waals surface area contributed by atoms with Crippen LogP contribution >= 0.6 is 0 Å². The van der Waals surface area contributed by atoms with Gasteiger partial charge in [0.15, 0.2) is 0 Å². The van der Waals surface area contributed by atoms with E-state index in [4.69, 9.17) is 4.74 Å². The van der Waals surface area contributed by atoms with Crippen LogP contribution in [0.4, 0.5) is 16.2 Å². The first-order chi connectivity index (χ1) is 15.0. The number of likely N-dealkylation sites (N-methyl/N-ethyl adjacent to an activating group) is 1. The molecule has 0 aromatic heterocycles. The second-order valence-electron chi connectivity index (χ2n) is 8.11. The maximum absolute atomic E-state index is 13.2. The SMILES string of the molecule is CC(C)C(NC(=O)Nc1ccccc1)C(=O)N(C)Cc1ccccc1N1CCOCC1. The van der Waals surface area contributed by atoms with Crippen molar-refractivity contribution in [3.63, 3.8) is 0 Å². The predicted molar refractivity (Wildman–Crippen MR) is 123 cm³/mol. The van der Waals surface area contributed by atoms with E-state index in [-0.39, 0.29) is 17.9 Å². The lowest BCUT2D eigenvalue weighted by molar-refractivity contribution is -0.133. The molecule has 1 aliphatic rings. The fraction of sp³-hybridized carbons (Fsp3) is 0.417. The number of hydrogen-bond acceptors (Lipinski definition) is 4. The van der Waals surface area contributed by atoms with Crippen LogP contribution < -0.4 is 15.5 Å². The average molecular weight is 425 g/mol. The Balaban J connectivity index is 1.66. The smallest absolute Gasteiger partial charge is 0.319 e. The fourth-order valence-electron chi connectivity index (χ4n) is 3.67. The van der Waals surface area contributed by atoms with Crippen molar-refractivity contribution >= 4 is 23.3 Å². The Bertz CT molecular complexity index is 866. The minimum absolute atomic E-state index is 0.0500. The highest BCUT2D eigenvalue weighted by atomic mass is 16.5. The van der Waals surface area contributed by atoms with Crippen molar-refractivity contribution in [2.75, 3.05) is 43.6 Å². The summed E-state index contributed by atoms with van der Waals surface area (Å²) in [6, 6.07) is 16.3. The number of nitrogens with zero attached hydrogens (tertiary/aromatic N) is 2. The Labute approximate surface area is 184 Å². The van der Waals surface area contributed by atoms with Gasteiger partial charge in [-0.2, -0.15) is 0 Å². The second kappa shape index (κ2) is 10.8. The Morgan fingerprint density at radius 1 is 1.03 bits per heavy atom.